The van der Waals surface area contributed by atoms with Crippen molar-refractivity contribution in [3.8, 4) is 11.4 Å². The third kappa shape index (κ3) is 5.11. The molecule has 4 heteroatoms. The summed E-state index contributed by atoms with van der Waals surface area (Å²) >= 11 is 0. The van der Waals surface area contributed by atoms with Crippen LogP contribution in [-0.2, 0) is 0 Å². The minimum Gasteiger partial charge on any atom is -0.256 e. The number of allylic oxidation sites excluding steroid dienone is 6. The van der Waals surface area contributed by atoms with E-state index in [2.05, 4.69) is 135 Å². The number of rotatable bonds is 4. The van der Waals surface area contributed by atoms with E-state index in [0.29, 0.717) is 11.8 Å². The molecule has 0 spiro atoms. The van der Waals surface area contributed by atoms with Crippen molar-refractivity contribution in [3.05, 3.63) is 168 Å². The number of para-hydroxylation sites is 1. The SMILES string of the molecule is CC1CCCC2=C1c1ccccc1C(c1nc(-c3cc4ccccc4c4ccccc34)nc(C3C=CC(c4cnc5ccccc5c4)=CC3)n1)C2C. The Balaban J connectivity index is 1.13. The molecule has 0 bridgehead atoms. The number of fused-ring (bicyclic) bond motifs is 6. The van der Waals surface area contributed by atoms with E-state index in [0.717, 1.165) is 57.7 Å². The van der Waals surface area contributed by atoms with Crippen LogP contribution in [0.4, 0.5) is 0 Å². The quantitative estimate of drug-likeness (QED) is 0.175. The minimum atomic E-state index is 0.0306. The second-order valence-corrected chi connectivity index (χ2v) is 14.9. The molecule has 7 aromatic rings. The van der Waals surface area contributed by atoms with Crippen LogP contribution in [0.25, 0.3) is 55.0 Å². The van der Waals surface area contributed by atoms with Crippen molar-refractivity contribution in [2.45, 2.75) is 51.4 Å². The number of nitrogens with zero attached hydrogens (tertiary/aromatic N) is 4. The van der Waals surface area contributed by atoms with Gasteiger partial charge in [0.1, 0.15) is 11.6 Å². The first-order valence-electron chi connectivity index (χ1n) is 18.8. The molecule has 0 saturated carbocycles. The Labute approximate surface area is 304 Å². The van der Waals surface area contributed by atoms with Crippen LogP contribution in [-0.4, -0.2) is 19.9 Å². The molecule has 3 aliphatic rings. The number of benzene rings is 5. The zero-order chi connectivity index (χ0) is 34.8. The fourth-order valence-electron chi connectivity index (χ4n) is 9.28. The Bertz CT molecular complexity index is 2650. The Morgan fingerprint density at radius 3 is 2.29 bits per heavy atom. The van der Waals surface area contributed by atoms with E-state index in [-0.39, 0.29) is 11.8 Å². The fourth-order valence-corrected chi connectivity index (χ4v) is 9.28. The molecule has 52 heavy (non-hydrogen) atoms. The van der Waals surface area contributed by atoms with Crippen LogP contribution < -0.4 is 0 Å². The molecule has 5 aromatic carbocycles. The maximum Gasteiger partial charge on any atom is 0.164 e. The molecular weight excluding hydrogens is 633 g/mol. The molecule has 0 aliphatic heterocycles. The van der Waals surface area contributed by atoms with Gasteiger partial charge in [-0.15, -0.1) is 0 Å². The Hall–Kier alpha value is -5.74. The zero-order valence-electron chi connectivity index (χ0n) is 29.6. The predicted molar refractivity (Wildman–Crippen MR) is 214 cm³/mol. The maximum atomic E-state index is 5.48. The maximum absolute atomic E-state index is 5.48. The standard InChI is InChI=1S/C48H40N4/c1-29-12-11-20-36-30(2)45(41-19-9-8-18-40(41)44(29)36)48-51-46(32-24-22-31(23-25-32)35-26-34-14-4-10-21-43(34)49-28-35)50-47(52-48)42-27-33-13-3-5-15-37(33)38-16-6-7-17-39(38)42/h3-10,13-19,21-24,26-30,32,45H,11-12,20,25H2,1-2H3. The van der Waals surface area contributed by atoms with Gasteiger partial charge >= 0.3 is 0 Å². The molecule has 4 atom stereocenters. The van der Waals surface area contributed by atoms with Crippen LogP contribution in [0, 0.1) is 11.8 Å². The molecular formula is C48H40N4. The van der Waals surface area contributed by atoms with Gasteiger partial charge in [0, 0.05) is 28.6 Å². The van der Waals surface area contributed by atoms with Crippen molar-refractivity contribution < 1.29 is 0 Å². The van der Waals surface area contributed by atoms with Gasteiger partial charge in [-0.2, -0.15) is 0 Å². The topological polar surface area (TPSA) is 51.6 Å². The van der Waals surface area contributed by atoms with Gasteiger partial charge < -0.3 is 0 Å². The molecule has 4 unspecified atom stereocenters. The lowest BCUT2D eigenvalue weighted by atomic mass is 9.65. The van der Waals surface area contributed by atoms with E-state index in [1.54, 1.807) is 11.1 Å². The zero-order valence-corrected chi connectivity index (χ0v) is 29.6. The van der Waals surface area contributed by atoms with Crippen LogP contribution in [0.5, 0.6) is 0 Å². The van der Waals surface area contributed by atoms with Crippen molar-refractivity contribution in [1.29, 1.82) is 0 Å². The summed E-state index contributed by atoms with van der Waals surface area (Å²) in [5.74, 6) is 3.42. The van der Waals surface area contributed by atoms with Crippen molar-refractivity contribution in [1.82, 2.24) is 19.9 Å². The van der Waals surface area contributed by atoms with Gasteiger partial charge in [0.25, 0.3) is 0 Å². The van der Waals surface area contributed by atoms with Gasteiger partial charge in [-0.05, 0) is 99.5 Å². The first-order chi connectivity index (χ1) is 25.6. The third-order valence-electron chi connectivity index (χ3n) is 11.9. The second kappa shape index (κ2) is 12.5. The Morgan fingerprint density at radius 1 is 0.673 bits per heavy atom. The summed E-state index contributed by atoms with van der Waals surface area (Å²) in [4.78, 5) is 21.0. The monoisotopic (exact) mass is 672 g/mol. The van der Waals surface area contributed by atoms with Crippen molar-refractivity contribution in [2.75, 3.05) is 0 Å². The third-order valence-corrected chi connectivity index (χ3v) is 11.9. The van der Waals surface area contributed by atoms with Crippen molar-refractivity contribution in [3.63, 3.8) is 0 Å². The number of aromatic nitrogens is 4. The van der Waals surface area contributed by atoms with Gasteiger partial charge in [-0.25, -0.2) is 15.0 Å². The first-order valence-corrected chi connectivity index (χ1v) is 18.8. The lowest BCUT2D eigenvalue weighted by Gasteiger charge is -2.39. The van der Waals surface area contributed by atoms with E-state index in [1.165, 1.54) is 45.7 Å². The highest BCUT2D eigenvalue weighted by atomic mass is 15.0. The molecule has 2 heterocycles. The fraction of sp³-hybridized carbons (Fsp3) is 0.208. The molecule has 3 aliphatic carbocycles. The molecule has 0 N–H and O–H groups in total. The van der Waals surface area contributed by atoms with E-state index < -0.39 is 0 Å². The largest absolute Gasteiger partial charge is 0.256 e. The highest BCUT2D eigenvalue weighted by Gasteiger charge is 2.38. The van der Waals surface area contributed by atoms with Crippen molar-refractivity contribution in [2.24, 2.45) is 11.8 Å². The van der Waals surface area contributed by atoms with Crippen LogP contribution in [0.2, 0.25) is 0 Å². The van der Waals surface area contributed by atoms with Crippen LogP contribution in [0.1, 0.15) is 79.7 Å². The van der Waals surface area contributed by atoms with Gasteiger partial charge in [0.05, 0.1) is 11.4 Å². The van der Waals surface area contributed by atoms with Gasteiger partial charge in [0.15, 0.2) is 5.82 Å². The summed E-state index contributed by atoms with van der Waals surface area (Å²) in [5.41, 5.74) is 10.3. The summed E-state index contributed by atoms with van der Waals surface area (Å²) in [6.45, 7) is 4.82. The average molecular weight is 673 g/mol. The Kier molecular flexibility index (Phi) is 7.45. The van der Waals surface area contributed by atoms with Gasteiger partial charge in [-0.1, -0.05) is 129 Å². The number of hydrogen-bond acceptors (Lipinski definition) is 4. The van der Waals surface area contributed by atoms with E-state index >= 15 is 0 Å². The van der Waals surface area contributed by atoms with Crippen LogP contribution in [0.3, 0.4) is 0 Å². The molecule has 10 rings (SSSR count). The van der Waals surface area contributed by atoms with E-state index in [9.17, 15) is 0 Å². The highest BCUT2D eigenvalue weighted by Crippen LogP contribution is 2.52. The van der Waals surface area contributed by atoms with E-state index in [1.807, 2.05) is 12.3 Å². The van der Waals surface area contributed by atoms with Gasteiger partial charge in [-0.3, -0.25) is 4.98 Å². The molecule has 0 saturated heterocycles. The lowest BCUT2D eigenvalue weighted by Crippen LogP contribution is -2.27. The molecule has 0 fully saturated rings. The van der Waals surface area contributed by atoms with Crippen LogP contribution >= 0.6 is 0 Å². The second-order valence-electron chi connectivity index (χ2n) is 14.9. The Morgan fingerprint density at radius 2 is 1.42 bits per heavy atom. The van der Waals surface area contributed by atoms with E-state index in [4.69, 9.17) is 19.9 Å². The van der Waals surface area contributed by atoms with Crippen LogP contribution in [0.15, 0.2) is 139 Å². The number of pyridine rings is 1. The van der Waals surface area contributed by atoms with Crippen molar-refractivity contribution >= 4 is 43.6 Å². The van der Waals surface area contributed by atoms with Gasteiger partial charge in [0.2, 0.25) is 0 Å². The molecule has 4 nitrogen and oxygen atoms in total. The predicted octanol–water partition coefficient (Wildman–Crippen LogP) is 11.9. The molecule has 252 valence electrons. The molecule has 2 aromatic heterocycles. The summed E-state index contributed by atoms with van der Waals surface area (Å²) in [6, 6.07) is 39.2. The molecule has 0 amide bonds. The minimum absolute atomic E-state index is 0.0306. The highest BCUT2D eigenvalue weighted by molar-refractivity contribution is 6.13. The normalized spacial score (nSPS) is 21.3. The average Bonchev–Trinajstić information content (AvgIpc) is 3.20. The number of hydrogen-bond donors (Lipinski definition) is 0. The summed E-state index contributed by atoms with van der Waals surface area (Å²) in [7, 11) is 0. The summed E-state index contributed by atoms with van der Waals surface area (Å²) in [5, 5.41) is 5.97. The summed E-state index contributed by atoms with van der Waals surface area (Å²) < 4.78 is 0. The summed E-state index contributed by atoms with van der Waals surface area (Å²) in [6.07, 6.45) is 13.3. The smallest absolute Gasteiger partial charge is 0.164 e. The lowest BCUT2D eigenvalue weighted by molar-refractivity contribution is 0.478. The first kappa shape index (κ1) is 31.0. The molecule has 0 radical (unpaired) electrons.